The van der Waals surface area contributed by atoms with Crippen molar-refractivity contribution in [2.45, 2.75) is 34.1 Å². The third-order valence-corrected chi connectivity index (χ3v) is 4.06. The molecule has 0 bridgehead atoms. The van der Waals surface area contributed by atoms with Crippen molar-refractivity contribution in [3.05, 3.63) is 34.3 Å². The number of rotatable bonds is 5. The molecule has 0 heterocycles. The van der Waals surface area contributed by atoms with E-state index in [-0.39, 0.29) is 0 Å². The van der Waals surface area contributed by atoms with Crippen LogP contribution in [-0.2, 0) is 6.42 Å². The highest BCUT2D eigenvalue weighted by atomic mass is 79.9. The fraction of sp³-hybridized carbons (Fsp3) is 0.600. The zero-order valence-corrected chi connectivity index (χ0v) is 13.0. The number of halogens is 1. The van der Waals surface area contributed by atoms with E-state index < -0.39 is 0 Å². The molecule has 0 aliphatic carbocycles. The molecule has 1 nitrogen and oxygen atoms in total. The van der Waals surface area contributed by atoms with E-state index in [1.807, 2.05) is 0 Å². The summed E-state index contributed by atoms with van der Waals surface area (Å²) in [5, 5.41) is 3.48. The topological polar surface area (TPSA) is 12.0 Å². The maximum atomic E-state index is 3.64. The lowest BCUT2D eigenvalue weighted by Crippen LogP contribution is -2.33. The Kier molecular flexibility index (Phi) is 5.68. The fourth-order valence-electron chi connectivity index (χ4n) is 1.93. The van der Waals surface area contributed by atoms with Crippen molar-refractivity contribution in [3.63, 3.8) is 0 Å². The van der Waals surface area contributed by atoms with Crippen molar-refractivity contribution in [3.8, 4) is 0 Å². The molecule has 0 saturated heterocycles. The molecule has 1 rings (SSSR count). The molecule has 2 heteroatoms. The summed E-state index contributed by atoms with van der Waals surface area (Å²) in [7, 11) is 0. The Morgan fingerprint density at radius 1 is 1.24 bits per heavy atom. The van der Waals surface area contributed by atoms with E-state index in [1.165, 1.54) is 10.0 Å². The lowest BCUT2D eigenvalue weighted by Gasteiger charge is -2.31. The second-order valence-electron chi connectivity index (χ2n) is 5.67. The summed E-state index contributed by atoms with van der Waals surface area (Å²) in [6.45, 7) is 11.3. The van der Waals surface area contributed by atoms with Gasteiger partial charge in [0, 0.05) is 4.47 Å². The van der Waals surface area contributed by atoms with E-state index in [2.05, 4.69) is 73.2 Å². The van der Waals surface area contributed by atoms with Gasteiger partial charge in [0.2, 0.25) is 0 Å². The third kappa shape index (κ3) is 4.81. The van der Waals surface area contributed by atoms with Crippen molar-refractivity contribution >= 4 is 15.9 Å². The number of hydrogen-bond donors (Lipinski definition) is 1. The first-order chi connectivity index (χ1) is 7.95. The van der Waals surface area contributed by atoms with Gasteiger partial charge >= 0.3 is 0 Å². The first-order valence-corrected chi connectivity index (χ1v) is 7.18. The molecule has 0 radical (unpaired) electrons. The zero-order chi connectivity index (χ0) is 12.9. The van der Waals surface area contributed by atoms with E-state index in [1.54, 1.807) is 0 Å². The van der Waals surface area contributed by atoms with Gasteiger partial charge < -0.3 is 5.32 Å². The smallest absolute Gasteiger partial charge is 0.0207 e. The largest absolute Gasteiger partial charge is 0.317 e. The number of benzene rings is 1. The molecule has 1 atom stereocenters. The summed E-state index contributed by atoms with van der Waals surface area (Å²) in [5.41, 5.74) is 1.74. The van der Waals surface area contributed by atoms with Crippen LogP contribution in [0.5, 0.6) is 0 Å². The lowest BCUT2D eigenvalue weighted by molar-refractivity contribution is 0.232. The van der Waals surface area contributed by atoms with Crippen molar-refractivity contribution in [2.75, 3.05) is 13.1 Å². The minimum atomic E-state index is 0.331. The maximum Gasteiger partial charge on any atom is 0.0207 e. The van der Waals surface area contributed by atoms with E-state index >= 15 is 0 Å². The zero-order valence-electron chi connectivity index (χ0n) is 11.4. The average molecular weight is 298 g/mol. The maximum absolute atomic E-state index is 3.64. The molecule has 0 spiro atoms. The molecule has 1 unspecified atom stereocenters. The highest BCUT2D eigenvalue weighted by Gasteiger charge is 2.24. The van der Waals surface area contributed by atoms with Gasteiger partial charge in [0.1, 0.15) is 0 Å². The van der Waals surface area contributed by atoms with Gasteiger partial charge in [-0.25, -0.2) is 0 Å². The first kappa shape index (κ1) is 14.7. The molecule has 96 valence electrons. The standard InChI is InChI=1S/C15H24BrN/c1-5-17-11-13(15(2,3)4)10-12-8-6-7-9-14(12)16/h6-9,13,17H,5,10-11H2,1-4H3. The van der Waals surface area contributed by atoms with Crippen LogP contribution in [0.3, 0.4) is 0 Å². The van der Waals surface area contributed by atoms with Crippen molar-refractivity contribution in [2.24, 2.45) is 11.3 Å². The lowest BCUT2D eigenvalue weighted by atomic mass is 9.77. The van der Waals surface area contributed by atoms with Gasteiger partial charge in [-0.05, 0) is 42.5 Å². The minimum absolute atomic E-state index is 0.331. The SMILES string of the molecule is CCNCC(Cc1ccccc1Br)C(C)(C)C. The first-order valence-electron chi connectivity index (χ1n) is 6.39. The number of nitrogens with one attached hydrogen (secondary N) is 1. The molecule has 1 aromatic rings. The summed E-state index contributed by atoms with van der Waals surface area (Å²) >= 11 is 3.64. The van der Waals surface area contributed by atoms with Crippen LogP contribution in [0.15, 0.2) is 28.7 Å². The monoisotopic (exact) mass is 297 g/mol. The minimum Gasteiger partial charge on any atom is -0.317 e. The molecule has 0 saturated carbocycles. The molecular formula is C15H24BrN. The van der Waals surface area contributed by atoms with Gasteiger partial charge in [-0.3, -0.25) is 0 Å². The Balaban J connectivity index is 2.76. The normalized spacial score (nSPS) is 13.7. The molecule has 0 aliphatic rings. The second kappa shape index (κ2) is 6.55. The third-order valence-electron chi connectivity index (χ3n) is 3.29. The summed E-state index contributed by atoms with van der Waals surface area (Å²) < 4.78 is 1.23. The highest BCUT2D eigenvalue weighted by Crippen LogP contribution is 2.30. The predicted molar refractivity (Wildman–Crippen MR) is 79.3 cm³/mol. The summed E-state index contributed by atoms with van der Waals surface area (Å²) in [5.74, 6) is 0.654. The van der Waals surface area contributed by atoms with Crippen LogP contribution >= 0.6 is 15.9 Å². The van der Waals surface area contributed by atoms with Crippen LogP contribution in [0, 0.1) is 11.3 Å². The van der Waals surface area contributed by atoms with Crippen LogP contribution in [-0.4, -0.2) is 13.1 Å². The van der Waals surface area contributed by atoms with Crippen LogP contribution in [0.1, 0.15) is 33.3 Å². The highest BCUT2D eigenvalue weighted by molar-refractivity contribution is 9.10. The van der Waals surface area contributed by atoms with Gasteiger partial charge in [-0.1, -0.05) is 61.8 Å². The summed E-state index contributed by atoms with van der Waals surface area (Å²) in [4.78, 5) is 0. The van der Waals surface area contributed by atoms with Crippen LogP contribution in [0.25, 0.3) is 0 Å². The van der Waals surface area contributed by atoms with E-state index in [4.69, 9.17) is 0 Å². The van der Waals surface area contributed by atoms with Gasteiger partial charge in [0.25, 0.3) is 0 Å². The Morgan fingerprint density at radius 3 is 2.41 bits per heavy atom. The fourth-order valence-corrected chi connectivity index (χ4v) is 2.38. The van der Waals surface area contributed by atoms with Crippen molar-refractivity contribution in [1.29, 1.82) is 0 Å². The second-order valence-corrected chi connectivity index (χ2v) is 6.52. The van der Waals surface area contributed by atoms with Gasteiger partial charge in [0.05, 0.1) is 0 Å². The van der Waals surface area contributed by atoms with Crippen LogP contribution in [0.4, 0.5) is 0 Å². The van der Waals surface area contributed by atoms with E-state index in [9.17, 15) is 0 Å². The quantitative estimate of drug-likeness (QED) is 0.856. The molecule has 1 N–H and O–H groups in total. The molecule has 1 aromatic carbocycles. The van der Waals surface area contributed by atoms with Crippen molar-refractivity contribution in [1.82, 2.24) is 5.32 Å². The van der Waals surface area contributed by atoms with Gasteiger partial charge in [0.15, 0.2) is 0 Å². The molecular weight excluding hydrogens is 274 g/mol. The van der Waals surface area contributed by atoms with Gasteiger partial charge in [-0.2, -0.15) is 0 Å². The number of hydrogen-bond acceptors (Lipinski definition) is 1. The Labute approximate surface area is 114 Å². The van der Waals surface area contributed by atoms with E-state index in [0.717, 1.165) is 19.5 Å². The Morgan fingerprint density at radius 2 is 1.88 bits per heavy atom. The Hall–Kier alpha value is -0.340. The molecule has 17 heavy (non-hydrogen) atoms. The van der Waals surface area contributed by atoms with Crippen molar-refractivity contribution < 1.29 is 0 Å². The Bertz CT molecular complexity index is 341. The molecule has 0 fully saturated rings. The van der Waals surface area contributed by atoms with Gasteiger partial charge in [-0.15, -0.1) is 0 Å². The van der Waals surface area contributed by atoms with Crippen LogP contribution in [0.2, 0.25) is 0 Å². The molecule has 0 aliphatic heterocycles. The molecule has 0 aromatic heterocycles. The summed E-state index contributed by atoms with van der Waals surface area (Å²) in [6, 6.07) is 8.54. The predicted octanol–water partition coefficient (Wildman–Crippen LogP) is 4.26. The molecule has 0 amide bonds. The summed E-state index contributed by atoms with van der Waals surface area (Å²) in [6.07, 6.45) is 1.12. The average Bonchev–Trinajstić information content (AvgIpc) is 2.25. The van der Waals surface area contributed by atoms with Crippen LogP contribution < -0.4 is 5.32 Å². The van der Waals surface area contributed by atoms with E-state index in [0.29, 0.717) is 11.3 Å².